The van der Waals surface area contributed by atoms with Crippen LogP contribution in [0, 0.1) is 5.82 Å². The highest BCUT2D eigenvalue weighted by molar-refractivity contribution is 5.94. The van der Waals surface area contributed by atoms with Crippen molar-refractivity contribution in [1.82, 2.24) is 10.6 Å². The highest BCUT2D eigenvalue weighted by Gasteiger charge is 2.14. The number of rotatable bonds is 4. The van der Waals surface area contributed by atoms with Gasteiger partial charge in [-0.3, -0.25) is 9.59 Å². The van der Waals surface area contributed by atoms with Crippen LogP contribution in [0.1, 0.15) is 10.6 Å². The number of benzene rings is 1. The van der Waals surface area contributed by atoms with E-state index in [1.807, 2.05) is 0 Å². The molecular formula is C14H13FN2O3. The minimum atomic E-state index is -0.531. The average Bonchev–Trinajstić information content (AvgIpc) is 2.94. The molecule has 0 aliphatic rings. The van der Waals surface area contributed by atoms with Gasteiger partial charge in [0, 0.05) is 7.05 Å². The number of halogens is 1. The second-order valence-electron chi connectivity index (χ2n) is 4.00. The van der Waals surface area contributed by atoms with E-state index < -0.39 is 11.7 Å². The molecule has 0 aliphatic carbocycles. The lowest BCUT2D eigenvalue weighted by atomic mass is 10.1. The van der Waals surface area contributed by atoms with Crippen molar-refractivity contribution in [2.24, 2.45) is 0 Å². The first-order valence-corrected chi connectivity index (χ1v) is 5.95. The van der Waals surface area contributed by atoms with E-state index in [0.29, 0.717) is 0 Å². The Labute approximate surface area is 114 Å². The molecule has 5 nitrogen and oxygen atoms in total. The van der Waals surface area contributed by atoms with Gasteiger partial charge < -0.3 is 15.1 Å². The molecule has 1 heterocycles. The number of furan rings is 1. The van der Waals surface area contributed by atoms with E-state index in [1.165, 1.54) is 25.2 Å². The van der Waals surface area contributed by atoms with E-state index in [4.69, 9.17) is 4.42 Å². The summed E-state index contributed by atoms with van der Waals surface area (Å²) >= 11 is 0. The van der Waals surface area contributed by atoms with Gasteiger partial charge in [0.25, 0.3) is 5.91 Å². The first kappa shape index (κ1) is 13.8. The monoisotopic (exact) mass is 276 g/mol. The van der Waals surface area contributed by atoms with E-state index in [2.05, 4.69) is 10.6 Å². The molecular weight excluding hydrogens is 263 g/mol. The number of carbonyl (C=O) groups is 2. The van der Waals surface area contributed by atoms with Gasteiger partial charge in [-0.25, -0.2) is 4.39 Å². The third-order valence-corrected chi connectivity index (χ3v) is 2.66. The van der Waals surface area contributed by atoms with Gasteiger partial charge in [0.05, 0.1) is 12.1 Å². The average molecular weight is 276 g/mol. The largest absolute Gasteiger partial charge is 0.451 e. The van der Waals surface area contributed by atoms with Crippen LogP contribution in [0.5, 0.6) is 0 Å². The van der Waals surface area contributed by atoms with Crippen molar-refractivity contribution in [2.45, 2.75) is 0 Å². The molecule has 2 aromatic rings. The highest BCUT2D eigenvalue weighted by atomic mass is 19.1. The molecule has 2 rings (SSSR count). The van der Waals surface area contributed by atoms with Crippen molar-refractivity contribution in [2.75, 3.05) is 13.6 Å². The highest BCUT2D eigenvalue weighted by Crippen LogP contribution is 2.24. The molecule has 0 saturated carbocycles. The SMILES string of the molecule is CNC(=O)CNC(=O)c1ccc(-c2ccccc2F)o1. The summed E-state index contributed by atoms with van der Waals surface area (Å²) in [6.07, 6.45) is 0. The van der Waals surface area contributed by atoms with Gasteiger partial charge in [0.15, 0.2) is 5.76 Å². The molecule has 0 atom stereocenters. The van der Waals surface area contributed by atoms with E-state index in [1.54, 1.807) is 18.2 Å². The standard InChI is InChI=1S/C14H13FN2O3/c1-16-13(18)8-17-14(19)12-7-6-11(20-12)9-4-2-3-5-10(9)15/h2-7H,8H2,1H3,(H,16,18)(H,17,19). The normalized spacial score (nSPS) is 10.1. The molecule has 2 amide bonds. The number of carbonyl (C=O) groups excluding carboxylic acids is 2. The lowest BCUT2D eigenvalue weighted by molar-refractivity contribution is -0.119. The Morgan fingerprint density at radius 2 is 1.95 bits per heavy atom. The van der Waals surface area contributed by atoms with Gasteiger partial charge in [-0.2, -0.15) is 0 Å². The van der Waals surface area contributed by atoms with Gasteiger partial charge in [-0.15, -0.1) is 0 Å². The van der Waals surface area contributed by atoms with Crippen LogP contribution in [0.4, 0.5) is 4.39 Å². The Morgan fingerprint density at radius 3 is 2.65 bits per heavy atom. The van der Waals surface area contributed by atoms with Gasteiger partial charge >= 0.3 is 0 Å². The van der Waals surface area contributed by atoms with Crippen molar-refractivity contribution in [3.05, 3.63) is 48.0 Å². The minimum Gasteiger partial charge on any atom is -0.451 e. The Hall–Kier alpha value is -2.63. The molecule has 0 fully saturated rings. The third-order valence-electron chi connectivity index (χ3n) is 2.66. The summed E-state index contributed by atoms with van der Waals surface area (Å²) in [6, 6.07) is 9.04. The molecule has 0 bridgehead atoms. The second-order valence-corrected chi connectivity index (χ2v) is 4.00. The molecule has 20 heavy (non-hydrogen) atoms. The quantitative estimate of drug-likeness (QED) is 0.890. The molecule has 2 N–H and O–H groups in total. The summed E-state index contributed by atoms with van der Waals surface area (Å²) < 4.78 is 18.9. The molecule has 1 aromatic carbocycles. The predicted molar refractivity (Wildman–Crippen MR) is 70.5 cm³/mol. The lowest BCUT2D eigenvalue weighted by Gasteiger charge is -2.02. The molecule has 0 saturated heterocycles. The summed E-state index contributed by atoms with van der Waals surface area (Å²) in [5.41, 5.74) is 0.276. The summed E-state index contributed by atoms with van der Waals surface area (Å²) in [7, 11) is 1.47. The molecule has 0 unspecified atom stereocenters. The van der Waals surface area contributed by atoms with Gasteiger partial charge in [0.1, 0.15) is 11.6 Å². The zero-order valence-corrected chi connectivity index (χ0v) is 10.8. The molecule has 6 heteroatoms. The number of amides is 2. The summed E-state index contributed by atoms with van der Waals surface area (Å²) in [5.74, 6) is -1.00. The van der Waals surface area contributed by atoms with Crippen LogP contribution in [0.2, 0.25) is 0 Å². The van der Waals surface area contributed by atoms with E-state index >= 15 is 0 Å². The van der Waals surface area contributed by atoms with Gasteiger partial charge in [-0.05, 0) is 24.3 Å². The van der Waals surface area contributed by atoms with Crippen LogP contribution in [0.15, 0.2) is 40.8 Å². The zero-order valence-electron chi connectivity index (χ0n) is 10.8. The number of hydrogen-bond acceptors (Lipinski definition) is 3. The number of nitrogens with one attached hydrogen (secondary N) is 2. The minimum absolute atomic E-state index is 0.0205. The Balaban J connectivity index is 2.11. The summed E-state index contributed by atoms with van der Waals surface area (Å²) in [4.78, 5) is 22.7. The number of hydrogen-bond donors (Lipinski definition) is 2. The van der Waals surface area contributed by atoms with Crippen LogP contribution >= 0.6 is 0 Å². The zero-order chi connectivity index (χ0) is 14.5. The van der Waals surface area contributed by atoms with Crippen molar-refractivity contribution in [3.63, 3.8) is 0 Å². The van der Waals surface area contributed by atoms with Gasteiger partial charge in [0.2, 0.25) is 5.91 Å². The van der Waals surface area contributed by atoms with Crippen LogP contribution < -0.4 is 10.6 Å². The first-order chi connectivity index (χ1) is 9.61. The van der Waals surface area contributed by atoms with Crippen molar-refractivity contribution in [3.8, 4) is 11.3 Å². The summed E-state index contributed by atoms with van der Waals surface area (Å²) in [6.45, 7) is -0.148. The van der Waals surface area contributed by atoms with Crippen LogP contribution in [0.25, 0.3) is 11.3 Å². The van der Waals surface area contributed by atoms with Crippen LogP contribution in [-0.4, -0.2) is 25.4 Å². The van der Waals surface area contributed by atoms with E-state index in [9.17, 15) is 14.0 Å². The maximum Gasteiger partial charge on any atom is 0.287 e. The maximum absolute atomic E-state index is 13.6. The molecule has 0 spiro atoms. The maximum atomic E-state index is 13.6. The van der Waals surface area contributed by atoms with Gasteiger partial charge in [-0.1, -0.05) is 12.1 Å². The Kier molecular flexibility index (Phi) is 4.14. The van der Waals surface area contributed by atoms with E-state index in [-0.39, 0.29) is 29.5 Å². The topological polar surface area (TPSA) is 71.3 Å². The first-order valence-electron chi connectivity index (χ1n) is 5.95. The molecule has 0 radical (unpaired) electrons. The van der Waals surface area contributed by atoms with Crippen molar-refractivity contribution in [1.29, 1.82) is 0 Å². The Morgan fingerprint density at radius 1 is 1.20 bits per heavy atom. The lowest BCUT2D eigenvalue weighted by Crippen LogP contribution is -2.34. The van der Waals surface area contributed by atoms with Crippen molar-refractivity contribution < 1.29 is 18.4 Å². The second kappa shape index (κ2) is 6.01. The fourth-order valence-electron chi connectivity index (χ4n) is 1.60. The fourth-order valence-corrected chi connectivity index (χ4v) is 1.60. The third kappa shape index (κ3) is 3.03. The molecule has 1 aromatic heterocycles. The van der Waals surface area contributed by atoms with E-state index in [0.717, 1.165) is 0 Å². The van der Waals surface area contributed by atoms with Crippen molar-refractivity contribution >= 4 is 11.8 Å². The van der Waals surface area contributed by atoms with Crippen LogP contribution in [-0.2, 0) is 4.79 Å². The Bertz CT molecular complexity index is 637. The smallest absolute Gasteiger partial charge is 0.287 e. The predicted octanol–water partition coefficient (Wildman–Crippen LogP) is 1.56. The molecule has 104 valence electrons. The fraction of sp³-hybridized carbons (Fsp3) is 0.143. The number of likely N-dealkylation sites (N-methyl/N-ethyl adjacent to an activating group) is 1. The molecule has 0 aliphatic heterocycles. The summed E-state index contributed by atoms with van der Waals surface area (Å²) in [5, 5.41) is 4.77. The van der Waals surface area contributed by atoms with Crippen LogP contribution in [0.3, 0.4) is 0 Å².